The van der Waals surface area contributed by atoms with Gasteiger partial charge in [0, 0.05) is 10.2 Å². The van der Waals surface area contributed by atoms with Crippen molar-refractivity contribution in [3.63, 3.8) is 0 Å². The van der Waals surface area contributed by atoms with E-state index in [1.165, 1.54) is 0 Å². The molecule has 0 amide bonds. The van der Waals surface area contributed by atoms with Crippen LogP contribution in [0.3, 0.4) is 0 Å². The Labute approximate surface area is 121 Å². The van der Waals surface area contributed by atoms with E-state index in [9.17, 15) is 0 Å². The van der Waals surface area contributed by atoms with Crippen LogP contribution in [0.25, 0.3) is 0 Å². The van der Waals surface area contributed by atoms with Gasteiger partial charge in [-0.1, -0.05) is 28.1 Å². The fraction of sp³-hybridized carbons (Fsp3) is 0.200. The first kappa shape index (κ1) is 13.7. The summed E-state index contributed by atoms with van der Waals surface area (Å²) < 4.78 is 6.56. The molecule has 0 aromatic heterocycles. The molecule has 0 heterocycles. The minimum Gasteiger partial charge on any atom is -0.492 e. The molecule has 3 nitrogen and oxygen atoms in total. The molecular formula is C15H17BrN2O. The van der Waals surface area contributed by atoms with Crippen LogP contribution in [0.4, 0.5) is 17.1 Å². The first-order valence-electron chi connectivity index (χ1n) is 6.17. The predicted octanol–water partition coefficient (Wildman–Crippen LogP) is 4.48. The number of nitrogens with one attached hydrogen (secondary N) is 1. The summed E-state index contributed by atoms with van der Waals surface area (Å²) in [4.78, 5) is 0. The maximum absolute atomic E-state index is 6.11. The number of hydrogen-bond donors (Lipinski definition) is 2. The molecule has 2 aromatic rings. The molecule has 0 saturated carbocycles. The Kier molecular flexibility index (Phi) is 4.32. The molecule has 0 spiro atoms. The van der Waals surface area contributed by atoms with E-state index in [0.717, 1.165) is 21.4 Å². The lowest BCUT2D eigenvalue weighted by Gasteiger charge is -2.15. The van der Waals surface area contributed by atoms with Gasteiger partial charge < -0.3 is 15.8 Å². The van der Waals surface area contributed by atoms with Crippen molar-refractivity contribution in [1.82, 2.24) is 0 Å². The van der Waals surface area contributed by atoms with Gasteiger partial charge in [0.2, 0.25) is 0 Å². The van der Waals surface area contributed by atoms with E-state index in [-0.39, 0.29) is 0 Å². The zero-order valence-corrected chi connectivity index (χ0v) is 12.6. The molecule has 0 unspecified atom stereocenters. The smallest absolute Gasteiger partial charge is 0.144 e. The number of ether oxygens (including phenoxy) is 1. The van der Waals surface area contributed by atoms with E-state index in [2.05, 4.69) is 28.2 Å². The lowest BCUT2D eigenvalue weighted by molar-refractivity contribution is 0.342. The zero-order chi connectivity index (χ0) is 13.8. The fourth-order valence-electron chi connectivity index (χ4n) is 1.82. The topological polar surface area (TPSA) is 47.3 Å². The van der Waals surface area contributed by atoms with Crippen molar-refractivity contribution < 1.29 is 4.74 Å². The summed E-state index contributed by atoms with van der Waals surface area (Å²) in [7, 11) is 0. The van der Waals surface area contributed by atoms with E-state index < -0.39 is 0 Å². The highest BCUT2D eigenvalue weighted by Gasteiger charge is 2.08. The molecule has 0 saturated heterocycles. The van der Waals surface area contributed by atoms with Crippen LogP contribution >= 0.6 is 15.9 Å². The van der Waals surface area contributed by atoms with Crippen LogP contribution in [-0.4, -0.2) is 6.61 Å². The number of benzene rings is 2. The van der Waals surface area contributed by atoms with Crippen molar-refractivity contribution in [2.45, 2.75) is 13.8 Å². The summed E-state index contributed by atoms with van der Waals surface area (Å²) in [6, 6.07) is 11.8. The maximum Gasteiger partial charge on any atom is 0.144 e. The predicted molar refractivity (Wildman–Crippen MR) is 84.2 cm³/mol. The SMILES string of the molecule is CCOc1cccc(Nc2cccc(Br)c2C)c1N. The Morgan fingerprint density at radius 3 is 2.58 bits per heavy atom. The molecule has 0 atom stereocenters. The molecular weight excluding hydrogens is 304 g/mol. The van der Waals surface area contributed by atoms with Gasteiger partial charge in [0.25, 0.3) is 0 Å². The molecule has 0 bridgehead atoms. The number of rotatable bonds is 4. The lowest BCUT2D eigenvalue weighted by atomic mass is 10.2. The van der Waals surface area contributed by atoms with Crippen molar-refractivity contribution in [2.24, 2.45) is 0 Å². The molecule has 0 radical (unpaired) electrons. The van der Waals surface area contributed by atoms with Crippen LogP contribution in [0, 0.1) is 6.92 Å². The largest absolute Gasteiger partial charge is 0.492 e. The molecule has 4 heteroatoms. The molecule has 2 rings (SSSR count). The third kappa shape index (κ3) is 3.01. The first-order valence-corrected chi connectivity index (χ1v) is 6.96. The number of anilines is 3. The Bertz CT molecular complexity index is 584. The van der Waals surface area contributed by atoms with Gasteiger partial charge in [-0.2, -0.15) is 0 Å². The molecule has 0 aliphatic rings. The number of nitrogen functional groups attached to an aromatic ring is 1. The van der Waals surface area contributed by atoms with E-state index in [0.29, 0.717) is 18.0 Å². The van der Waals surface area contributed by atoms with Gasteiger partial charge in [-0.3, -0.25) is 0 Å². The summed E-state index contributed by atoms with van der Waals surface area (Å²) in [6.45, 7) is 4.59. The molecule has 0 aliphatic heterocycles. The lowest BCUT2D eigenvalue weighted by Crippen LogP contribution is -2.01. The average molecular weight is 321 g/mol. The Morgan fingerprint density at radius 2 is 1.84 bits per heavy atom. The molecule has 0 aliphatic carbocycles. The van der Waals surface area contributed by atoms with Crippen molar-refractivity contribution in [3.05, 3.63) is 46.4 Å². The van der Waals surface area contributed by atoms with Crippen molar-refractivity contribution in [1.29, 1.82) is 0 Å². The highest BCUT2D eigenvalue weighted by atomic mass is 79.9. The first-order chi connectivity index (χ1) is 9.13. The van der Waals surface area contributed by atoms with Crippen molar-refractivity contribution >= 4 is 33.0 Å². The van der Waals surface area contributed by atoms with Crippen molar-refractivity contribution in [2.75, 3.05) is 17.7 Å². The van der Waals surface area contributed by atoms with Crippen LogP contribution in [0.5, 0.6) is 5.75 Å². The van der Waals surface area contributed by atoms with Crippen LogP contribution < -0.4 is 15.8 Å². The molecule has 3 N–H and O–H groups in total. The van der Waals surface area contributed by atoms with Gasteiger partial charge in [-0.05, 0) is 43.7 Å². The minimum absolute atomic E-state index is 0.601. The standard InChI is InChI=1S/C15H17BrN2O/c1-3-19-14-9-5-8-13(15(14)17)18-12-7-4-6-11(16)10(12)2/h4-9,18H,3,17H2,1-2H3. The minimum atomic E-state index is 0.601. The third-order valence-corrected chi connectivity index (χ3v) is 3.76. The maximum atomic E-state index is 6.11. The van der Waals surface area contributed by atoms with Gasteiger partial charge in [0.1, 0.15) is 5.75 Å². The Morgan fingerprint density at radius 1 is 1.16 bits per heavy atom. The molecule has 2 aromatic carbocycles. The quantitative estimate of drug-likeness (QED) is 0.816. The highest BCUT2D eigenvalue weighted by molar-refractivity contribution is 9.10. The monoisotopic (exact) mass is 320 g/mol. The normalized spacial score (nSPS) is 10.3. The number of hydrogen-bond acceptors (Lipinski definition) is 3. The fourth-order valence-corrected chi connectivity index (χ4v) is 2.19. The van der Waals surface area contributed by atoms with Gasteiger partial charge in [0.05, 0.1) is 18.0 Å². The van der Waals surface area contributed by atoms with Crippen LogP contribution in [0.15, 0.2) is 40.9 Å². The summed E-state index contributed by atoms with van der Waals surface area (Å²) >= 11 is 3.52. The number of para-hydroxylation sites is 1. The zero-order valence-electron chi connectivity index (χ0n) is 11.0. The Balaban J connectivity index is 2.33. The van der Waals surface area contributed by atoms with Gasteiger partial charge in [-0.15, -0.1) is 0 Å². The second kappa shape index (κ2) is 5.97. The van der Waals surface area contributed by atoms with Crippen LogP contribution in [-0.2, 0) is 0 Å². The highest BCUT2D eigenvalue weighted by Crippen LogP contribution is 2.33. The van der Waals surface area contributed by atoms with Crippen molar-refractivity contribution in [3.8, 4) is 5.75 Å². The van der Waals surface area contributed by atoms with E-state index in [1.807, 2.05) is 43.3 Å². The van der Waals surface area contributed by atoms with Gasteiger partial charge >= 0.3 is 0 Å². The van der Waals surface area contributed by atoms with Gasteiger partial charge in [0.15, 0.2) is 0 Å². The summed E-state index contributed by atoms with van der Waals surface area (Å²) in [5, 5.41) is 3.35. The van der Waals surface area contributed by atoms with Gasteiger partial charge in [-0.25, -0.2) is 0 Å². The van der Waals surface area contributed by atoms with Crippen LogP contribution in [0.2, 0.25) is 0 Å². The summed E-state index contributed by atoms with van der Waals surface area (Å²) in [6.07, 6.45) is 0. The molecule has 100 valence electrons. The van der Waals surface area contributed by atoms with E-state index >= 15 is 0 Å². The van der Waals surface area contributed by atoms with Crippen LogP contribution in [0.1, 0.15) is 12.5 Å². The molecule has 19 heavy (non-hydrogen) atoms. The Hall–Kier alpha value is -1.68. The third-order valence-electron chi connectivity index (χ3n) is 2.90. The van der Waals surface area contributed by atoms with E-state index in [4.69, 9.17) is 10.5 Å². The average Bonchev–Trinajstić information content (AvgIpc) is 2.40. The second-order valence-electron chi connectivity index (χ2n) is 4.19. The summed E-state index contributed by atoms with van der Waals surface area (Å²) in [5.74, 6) is 0.708. The second-order valence-corrected chi connectivity index (χ2v) is 5.04. The summed E-state index contributed by atoms with van der Waals surface area (Å²) in [5.41, 5.74) is 9.75. The number of nitrogens with two attached hydrogens (primary N) is 1. The number of halogens is 1. The molecule has 0 fully saturated rings. The van der Waals surface area contributed by atoms with E-state index in [1.54, 1.807) is 0 Å².